The van der Waals surface area contributed by atoms with E-state index in [4.69, 9.17) is 9.97 Å². The van der Waals surface area contributed by atoms with Gasteiger partial charge in [0.15, 0.2) is 5.82 Å². The molecule has 0 aliphatic heterocycles. The van der Waals surface area contributed by atoms with E-state index in [9.17, 15) is 0 Å². The maximum Gasteiger partial charge on any atom is 0.160 e. The zero-order valence-electron chi connectivity index (χ0n) is 18.3. The van der Waals surface area contributed by atoms with Crippen LogP contribution in [0.25, 0.3) is 45.0 Å². The van der Waals surface area contributed by atoms with E-state index < -0.39 is 0 Å². The summed E-state index contributed by atoms with van der Waals surface area (Å²) in [7, 11) is 0. The molecule has 0 amide bonds. The monoisotopic (exact) mass is 412 g/mol. The molecule has 4 aromatic carbocycles. The van der Waals surface area contributed by atoms with Gasteiger partial charge in [0.05, 0.1) is 11.4 Å². The summed E-state index contributed by atoms with van der Waals surface area (Å²) in [6.45, 7) is 4.25. The molecule has 0 atom stereocenters. The van der Waals surface area contributed by atoms with E-state index in [0.29, 0.717) is 0 Å². The fraction of sp³-hybridized carbons (Fsp3) is 0.0667. The largest absolute Gasteiger partial charge is 0.228 e. The molecule has 5 rings (SSSR count). The Hall–Kier alpha value is -4.04. The van der Waals surface area contributed by atoms with Crippen LogP contribution in [0.2, 0.25) is 0 Å². The highest BCUT2D eigenvalue weighted by Gasteiger charge is 2.16. The molecular formula is C30H24N2. The maximum atomic E-state index is 5.05. The molecule has 2 nitrogen and oxygen atoms in total. The molecule has 0 radical (unpaired) electrons. The Morgan fingerprint density at radius 1 is 0.438 bits per heavy atom. The Balaban J connectivity index is 1.67. The van der Waals surface area contributed by atoms with Crippen LogP contribution in [0.3, 0.4) is 0 Å². The minimum atomic E-state index is 0.743. The third-order valence-electron chi connectivity index (χ3n) is 5.84. The first-order chi connectivity index (χ1) is 15.7. The molecule has 5 aromatic rings. The van der Waals surface area contributed by atoms with Crippen LogP contribution < -0.4 is 0 Å². The second-order valence-electron chi connectivity index (χ2n) is 7.99. The summed E-state index contributed by atoms with van der Waals surface area (Å²) < 4.78 is 0. The lowest BCUT2D eigenvalue weighted by Gasteiger charge is -2.15. The molecule has 32 heavy (non-hydrogen) atoms. The van der Waals surface area contributed by atoms with E-state index in [1.54, 1.807) is 0 Å². The highest BCUT2D eigenvalue weighted by molar-refractivity contribution is 5.78. The van der Waals surface area contributed by atoms with E-state index in [2.05, 4.69) is 111 Å². The van der Waals surface area contributed by atoms with Gasteiger partial charge in [-0.2, -0.15) is 0 Å². The third-order valence-corrected chi connectivity index (χ3v) is 5.84. The van der Waals surface area contributed by atoms with Crippen LogP contribution in [-0.2, 0) is 0 Å². The average molecular weight is 413 g/mol. The van der Waals surface area contributed by atoms with Gasteiger partial charge in [-0.1, -0.05) is 109 Å². The van der Waals surface area contributed by atoms with Gasteiger partial charge in [0, 0.05) is 22.3 Å². The molecule has 2 heteroatoms. The average Bonchev–Trinajstić information content (AvgIpc) is 2.86. The quantitative estimate of drug-likeness (QED) is 0.301. The van der Waals surface area contributed by atoms with Crippen molar-refractivity contribution in [2.24, 2.45) is 0 Å². The Bertz CT molecular complexity index is 1360. The van der Waals surface area contributed by atoms with Gasteiger partial charge in [0.25, 0.3) is 0 Å². The van der Waals surface area contributed by atoms with Crippen LogP contribution in [0, 0.1) is 13.8 Å². The van der Waals surface area contributed by atoms with Gasteiger partial charge in [-0.25, -0.2) is 9.97 Å². The Kier molecular flexibility index (Phi) is 5.35. The minimum absolute atomic E-state index is 0.743. The van der Waals surface area contributed by atoms with Crippen molar-refractivity contribution in [3.8, 4) is 45.0 Å². The summed E-state index contributed by atoms with van der Waals surface area (Å²) in [4.78, 5) is 10.1. The van der Waals surface area contributed by atoms with Gasteiger partial charge >= 0.3 is 0 Å². The first-order valence-corrected chi connectivity index (χ1v) is 10.9. The fourth-order valence-corrected chi connectivity index (χ4v) is 4.07. The zero-order valence-corrected chi connectivity index (χ0v) is 18.3. The van der Waals surface area contributed by atoms with Crippen molar-refractivity contribution in [2.75, 3.05) is 0 Å². The first kappa shape index (κ1) is 19.9. The predicted molar refractivity (Wildman–Crippen MR) is 133 cm³/mol. The van der Waals surface area contributed by atoms with Gasteiger partial charge in [-0.15, -0.1) is 0 Å². The van der Waals surface area contributed by atoms with Crippen molar-refractivity contribution >= 4 is 0 Å². The van der Waals surface area contributed by atoms with Crippen LogP contribution >= 0.6 is 0 Å². The molecule has 0 aliphatic carbocycles. The second kappa shape index (κ2) is 8.60. The van der Waals surface area contributed by atoms with Crippen molar-refractivity contribution in [3.63, 3.8) is 0 Å². The maximum absolute atomic E-state index is 5.05. The first-order valence-electron chi connectivity index (χ1n) is 10.9. The third kappa shape index (κ3) is 3.83. The molecule has 0 saturated carbocycles. The number of aryl methyl sites for hydroxylation is 1. The molecule has 0 fully saturated rings. The van der Waals surface area contributed by atoms with E-state index in [1.165, 1.54) is 16.7 Å². The summed E-state index contributed by atoms with van der Waals surface area (Å²) in [5, 5.41) is 0. The van der Waals surface area contributed by atoms with Crippen molar-refractivity contribution < 1.29 is 0 Å². The Morgan fingerprint density at radius 2 is 0.938 bits per heavy atom. The SMILES string of the molecule is Cc1ccccc1-c1nc(-c2ccc(-c3ccccc3)cc2)nc(-c2ccccc2)c1C. The topological polar surface area (TPSA) is 25.8 Å². The van der Waals surface area contributed by atoms with E-state index in [0.717, 1.165) is 39.5 Å². The lowest BCUT2D eigenvalue weighted by Crippen LogP contribution is -2.01. The summed E-state index contributed by atoms with van der Waals surface area (Å²) in [5.41, 5.74) is 9.90. The number of hydrogen-bond acceptors (Lipinski definition) is 2. The van der Waals surface area contributed by atoms with Crippen LogP contribution in [0.5, 0.6) is 0 Å². The second-order valence-corrected chi connectivity index (χ2v) is 7.99. The molecule has 0 saturated heterocycles. The van der Waals surface area contributed by atoms with Gasteiger partial charge in [-0.3, -0.25) is 0 Å². The molecule has 0 spiro atoms. The molecule has 0 bridgehead atoms. The molecule has 154 valence electrons. The number of nitrogens with zero attached hydrogens (tertiary/aromatic N) is 2. The van der Waals surface area contributed by atoms with Crippen molar-refractivity contribution in [3.05, 3.63) is 120 Å². The summed E-state index contributed by atoms with van der Waals surface area (Å²) >= 11 is 0. The van der Waals surface area contributed by atoms with Gasteiger partial charge in [-0.05, 0) is 30.5 Å². The fourth-order valence-electron chi connectivity index (χ4n) is 4.07. The highest BCUT2D eigenvalue weighted by Crippen LogP contribution is 2.33. The molecule has 1 aromatic heterocycles. The molecule has 0 aliphatic rings. The Labute approximate surface area is 189 Å². The Morgan fingerprint density at radius 3 is 1.59 bits per heavy atom. The summed E-state index contributed by atoms with van der Waals surface area (Å²) in [6, 6.07) is 37.7. The minimum Gasteiger partial charge on any atom is -0.228 e. The molecule has 0 unspecified atom stereocenters. The predicted octanol–water partition coefficient (Wildman–Crippen LogP) is 7.76. The number of aromatic nitrogens is 2. The van der Waals surface area contributed by atoms with Crippen LogP contribution in [0.15, 0.2) is 109 Å². The van der Waals surface area contributed by atoms with Crippen molar-refractivity contribution in [1.82, 2.24) is 9.97 Å². The van der Waals surface area contributed by atoms with Crippen LogP contribution in [0.1, 0.15) is 11.1 Å². The standard InChI is InChI=1S/C30H24N2/c1-21-11-9-10-16-27(21)29-22(2)28(25-14-7-4-8-15-25)31-30(32-29)26-19-17-24(18-20-26)23-12-5-3-6-13-23/h3-20H,1-2H3. The van der Waals surface area contributed by atoms with Crippen LogP contribution in [0.4, 0.5) is 0 Å². The normalized spacial score (nSPS) is 10.8. The zero-order chi connectivity index (χ0) is 21.9. The van der Waals surface area contributed by atoms with Crippen molar-refractivity contribution in [2.45, 2.75) is 13.8 Å². The van der Waals surface area contributed by atoms with Gasteiger partial charge in [0.1, 0.15) is 0 Å². The van der Waals surface area contributed by atoms with Crippen LogP contribution in [-0.4, -0.2) is 9.97 Å². The lowest BCUT2D eigenvalue weighted by atomic mass is 9.97. The molecule has 0 N–H and O–H groups in total. The van der Waals surface area contributed by atoms with Gasteiger partial charge < -0.3 is 0 Å². The van der Waals surface area contributed by atoms with E-state index in [1.807, 2.05) is 12.1 Å². The number of benzene rings is 4. The van der Waals surface area contributed by atoms with E-state index >= 15 is 0 Å². The summed E-state index contributed by atoms with van der Waals surface area (Å²) in [6.07, 6.45) is 0. The van der Waals surface area contributed by atoms with Gasteiger partial charge in [0.2, 0.25) is 0 Å². The molecule has 1 heterocycles. The molecular weight excluding hydrogens is 388 g/mol. The van der Waals surface area contributed by atoms with E-state index in [-0.39, 0.29) is 0 Å². The number of rotatable bonds is 4. The lowest BCUT2D eigenvalue weighted by molar-refractivity contribution is 1.14. The summed E-state index contributed by atoms with van der Waals surface area (Å²) in [5.74, 6) is 0.743. The van der Waals surface area contributed by atoms with Crippen molar-refractivity contribution in [1.29, 1.82) is 0 Å². The smallest absolute Gasteiger partial charge is 0.160 e. The highest BCUT2D eigenvalue weighted by atomic mass is 14.9. The number of hydrogen-bond donors (Lipinski definition) is 0.